The lowest BCUT2D eigenvalue weighted by Crippen LogP contribution is -2.30. The van der Waals surface area contributed by atoms with E-state index in [2.05, 4.69) is 179 Å². The highest BCUT2D eigenvalue weighted by molar-refractivity contribution is 7.47. The normalized spacial score (nSPS) is 14.3. The molecule has 0 aliphatic heterocycles. The summed E-state index contributed by atoms with van der Waals surface area (Å²) in [5, 5.41) is 20.8. The fraction of sp³-hybridized carbons (Fsp3) is 0.729. The topological polar surface area (TPSA) is 231 Å². The molecule has 0 radical (unpaired) electrons. The molecule has 0 amide bonds. The number of aliphatic hydroxyl groups excluding tert-OH is 2. The van der Waals surface area contributed by atoms with Gasteiger partial charge < -0.3 is 34.2 Å². The lowest BCUT2D eigenvalue weighted by atomic mass is 10.0. The summed E-state index contributed by atoms with van der Waals surface area (Å²) in [4.78, 5) is 59.2. The molecule has 0 fully saturated rings. The van der Waals surface area contributed by atoms with E-state index in [1.165, 1.54) is 244 Å². The van der Waals surface area contributed by atoms with Crippen molar-refractivity contribution in [1.82, 2.24) is 0 Å². The van der Waals surface area contributed by atoms with Gasteiger partial charge >= 0.3 is 33.6 Å². The van der Waals surface area contributed by atoms with Gasteiger partial charge in [0.15, 0.2) is 6.10 Å². The molecule has 125 heavy (non-hydrogen) atoms. The van der Waals surface area contributed by atoms with Crippen molar-refractivity contribution < 1.29 is 75.8 Å². The number of hydrogen-bond donors (Lipinski definition) is 4. The van der Waals surface area contributed by atoms with Crippen LogP contribution in [0, 0.1) is 0 Å². The number of esters is 3. The molecule has 4 N–H and O–H groups in total. The third-order valence-electron chi connectivity index (χ3n) is 21.7. The van der Waals surface area contributed by atoms with Crippen LogP contribution in [-0.4, -0.2) is 95.9 Å². The molecule has 5 unspecified atom stereocenters. The third kappa shape index (κ3) is 99.6. The summed E-state index contributed by atoms with van der Waals surface area (Å²) in [6, 6.07) is 0. The van der Waals surface area contributed by atoms with E-state index in [-0.39, 0.29) is 19.3 Å². The largest absolute Gasteiger partial charge is 0.472 e. The molecule has 0 aliphatic rings. The van der Waals surface area contributed by atoms with E-state index in [1.54, 1.807) is 0 Å². The number of ether oxygens (including phenoxy) is 3. The fourth-order valence-corrected chi connectivity index (χ4v) is 15.6. The Morgan fingerprint density at radius 3 is 0.672 bits per heavy atom. The van der Waals surface area contributed by atoms with Gasteiger partial charge in [0.2, 0.25) is 0 Å². The molecule has 18 heteroatoms. The van der Waals surface area contributed by atoms with Crippen LogP contribution in [0.25, 0.3) is 0 Å². The maximum Gasteiger partial charge on any atom is 0.472 e. The summed E-state index contributed by atoms with van der Waals surface area (Å²) >= 11 is 0. The Bertz CT molecular complexity index is 2900. The zero-order valence-electron chi connectivity index (χ0n) is 79.7. The van der Waals surface area contributed by atoms with Crippen LogP contribution in [0.3, 0.4) is 0 Å². The van der Waals surface area contributed by atoms with Crippen molar-refractivity contribution in [3.63, 3.8) is 0 Å². The maximum absolute atomic E-state index is 13.1. The van der Waals surface area contributed by atoms with E-state index < -0.39 is 91.5 Å². The lowest BCUT2D eigenvalue weighted by Gasteiger charge is -2.21. The Morgan fingerprint density at radius 2 is 0.424 bits per heavy atom. The zero-order valence-corrected chi connectivity index (χ0v) is 81.5. The first-order valence-corrected chi connectivity index (χ1v) is 53.8. The first-order chi connectivity index (χ1) is 61.2. The van der Waals surface area contributed by atoms with Gasteiger partial charge in [-0.05, 0) is 154 Å². The fourth-order valence-electron chi connectivity index (χ4n) is 14.0. The molecular weight excluding hydrogens is 1600 g/mol. The van der Waals surface area contributed by atoms with Crippen LogP contribution in [0.5, 0.6) is 0 Å². The van der Waals surface area contributed by atoms with Crippen molar-refractivity contribution in [2.75, 3.05) is 39.6 Å². The minimum absolute atomic E-state index is 0.0955. The number of hydrogen-bond acceptors (Lipinski definition) is 14. The summed E-state index contributed by atoms with van der Waals surface area (Å²) in [6.45, 7) is 2.58. The van der Waals surface area contributed by atoms with Crippen LogP contribution in [0.1, 0.15) is 445 Å². The van der Waals surface area contributed by atoms with Gasteiger partial charge in [0.25, 0.3) is 0 Å². The van der Waals surface area contributed by atoms with E-state index in [0.29, 0.717) is 19.3 Å². The summed E-state index contributed by atoms with van der Waals surface area (Å²) in [6.07, 6.45) is 127. The standard InChI is InChI=1S/C107H186O16P2/c1-4-7-10-13-16-19-22-25-28-31-34-37-40-43-45-47-49-50-52-54-55-58-60-63-66-69-72-75-78-81-84-87-90-93-105(110)117-96-102(108)97-119-124(113,114)120-98-103(109)99-121-125(115,116)122-101-104(123-107(112)95-92-89-86-83-80-77-74-71-68-65-62-57-42-39-36-33-30-27-24-21-18-15-12-9-6-3)100-118-106(111)94-91-88-85-82-79-76-73-70-67-64-61-59-56-53-51-48-46-44-41-38-35-32-29-26-23-20-17-14-11-8-5-2/h8,11,16-21,25-30,34-39,43-46,57,62,102-104,108-109H,4-7,9-10,12-15,22-24,31-33,40-42,47-56,58-61,63-101H2,1-3H3,(H,113,114)(H,115,116)/b11-8-,19-16-,20-17-,21-18-,28-25-,29-26-,30-27-,37-34-,38-35-,39-36-,45-43-,46-44-,62-57-. The SMILES string of the molecule is CC/C=C\C/C=C\C/C=C\C/C=C\C/C=C\CCCCCCCCCCCCCCCCCC(=O)OCC(COP(=O)(O)OCC(O)COP(=O)(O)OCC(O)COC(=O)CCCCCCCCCCCCCCCCCCC/C=C\C/C=C\C/C=C\C/C=C\CCCCC)OC(=O)CCCCCCCCCCC/C=C\C/C=C\C/C=C\C/C=C\CCCCC. The number of rotatable bonds is 96. The number of allylic oxidation sites excluding steroid dienone is 26. The summed E-state index contributed by atoms with van der Waals surface area (Å²) in [5.41, 5.74) is 0. The molecule has 0 aliphatic carbocycles. The summed E-state index contributed by atoms with van der Waals surface area (Å²) in [7, 11) is -9.82. The van der Waals surface area contributed by atoms with Crippen LogP contribution in [0.2, 0.25) is 0 Å². The van der Waals surface area contributed by atoms with Crippen LogP contribution in [-0.2, 0) is 55.8 Å². The van der Waals surface area contributed by atoms with E-state index in [4.69, 9.17) is 32.3 Å². The van der Waals surface area contributed by atoms with Gasteiger partial charge in [-0.15, -0.1) is 0 Å². The van der Waals surface area contributed by atoms with E-state index in [0.717, 1.165) is 141 Å². The quantitative estimate of drug-likeness (QED) is 0.0146. The van der Waals surface area contributed by atoms with E-state index in [1.807, 2.05) is 0 Å². The molecule has 5 atom stereocenters. The van der Waals surface area contributed by atoms with Gasteiger partial charge in [-0.25, -0.2) is 9.13 Å². The van der Waals surface area contributed by atoms with Crippen LogP contribution in [0.15, 0.2) is 158 Å². The minimum atomic E-state index is -4.95. The lowest BCUT2D eigenvalue weighted by molar-refractivity contribution is -0.161. The summed E-state index contributed by atoms with van der Waals surface area (Å²) < 4.78 is 61.7. The highest BCUT2D eigenvalue weighted by Gasteiger charge is 2.30. The van der Waals surface area contributed by atoms with Gasteiger partial charge in [-0.3, -0.25) is 32.5 Å². The molecule has 0 saturated carbocycles. The van der Waals surface area contributed by atoms with Gasteiger partial charge in [0.05, 0.1) is 26.4 Å². The number of carbonyl (C=O) groups is 3. The van der Waals surface area contributed by atoms with E-state index >= 15 is 0 Å². The van der Waals surface area contributed by atoms with Gasteiger partial charge in [0, 0.05) is 19.3 Å². The number of phosphoric ester groups is 2. The Kier molecular flexibility index (Phi) is 94.4. The van der Waals surface area contributed by atoms with Crippen molar-refractivity contribution in [3.05, 3.63) is 158 Å². The van der Waals surface area contributed by atoms with Crippen molar-refractivity contribution in [2.45, 2.75) is 463 Å². The van der Waals surface area contributed by atoms with Crippen molar-refractivity contribution in [3.8, 4) is 0 Å². The molecule has 16 nitrogen and oxygen atoms in total. The Balaban J connectivity index is 4.59. The second-order valence-corrected chi connectivity index (χ2v) is 36.8. The molecule has 0 spiro atoms. The van der Waals surface area contributed by atoms with Crippen LogP contribution < -0.4 is 0 Å². The molecule has 0 bridgehead atoms. The second kappa shape index (κ2) is 98.2. The van der Waals surface area contributed by atoms with Crippen molar-refractivity contribution in [2.24, 2.45) is 0 Å². The molecule has 0 heterocycles. The van der Waals surface area contributed by atoms with Gasteiger partial charge in [-0.1, -0.05) is 429 Å². The molecule has 0 aromatic carbocycles. The first-order valence-electron chi connectivity index (χ1n) is 50.8. The predicted octanol–water partition coefficient (Wildman–Crippen LogP) is 32.0. The third-order valence-corrected chi connectivity index (χ3v) is 23.6. The molecular formula is C107H186O16P2. The molecule has 0 aromatic rings. The van der Waals surface area contributed by atoms with E-state index in [9.17, 15) is 43.5 Å². The molecule has 0 rings (SSSR count). The monoisotopic (exact) mass is 1790 g/mol. The van der Waals surface area contributed by atoms with Crippen LogP contribution >= 0.6 is 15.6 Å². The smallest absolute Gasteiger partial charge is 0.463 e. The van der Waals surface area contributed by atoms with Crippen molar-refractivity contribution >= 4 is 33.6 Å². The predicted molar refractivity (Wildman–Crippen MR) is 528 cm³/mol. The molecule has 0 aromatic heterocycles. The number of unbranched alkanes of at least 4 members (excludes halogenated alkanes) is 47. The zero-order chi connectivity index (χ0) is 90.7. The molecule has 0 saturated heterocycles. The Morgan fingerprint density at radius 1 is 0.232 bits per heavy atom. The van der Waals surface area contributed by atoms with Gasteiger partial charge in [-0.2, -0.15) is 0 Å². The second-order valence-electron chi connectivity index (χ2n) is 33.9. The number of carbonyl (C=O) groups excluding carboxylic acids is 3. The first kappa shape index (κ1) is 120. The highest BCUT2D eigenvalue weighted by Crippen LogP contribution is 2.45. The Hall–Kier alpha value is -4.83. The number of phosphoric acid groups is 2. The summed E-state index contributed by atoms with van der Waals surface area (Å²) in [5.74, 6) is -1.56. The van der Waals surface area contributed by atoms with Crippen LogP contribution in [0.4, 0.5) is 0 Å². The average molecular weight is 1790 g/mol. The van der Waals surface area contributed by atoms with Crippen molar-refractivity contribution in [1.29, 1.82) is 0 Å². The number of aliphatic hydroxyl groups is 2. The molecule has 720 valence electrons. The van der Waals surface area contributed by atoms with Gasteiger partial charge in [0.1, 0.15) is 25.4 Å². The Labute approximate surface area is 765 Å². The maximum atomic E-state index is 13.1. The average Bonchev–Trinajstić information content (AvgIpc) is 0.899. The minimum Gasteiger partial charge on any atom is -0.463 e. The highest BCUT2D eigenvalue weighted by atomic mass is 31.2.